The van der Waals surface area contributed by atoms with Crippen molar-refractivity contribution in [3.05, 3.63) is 0 Å². The quantitative estimate of drug-likeness (QED) is 0.666. The minimum atomic E-state index is -2.75. The van der Waals surface area contributed by atoms with Crippen molar-refractivity contribution in [2.45, 2.75) is 30.7 Å². The van der Waals surface area contributed by atoms with Crippen LogP contribution >= 0.6 is 0 Å². The average molecular weight is 165 g/mol. The normalized spacial score (nSPS) is 36.0. The predicted octanol–water partition coefficient (Wildman–Crippen LogP) is 1.15. The molecular weight excluding hydrogens is 152 g/mol. The number of hydrogen-bond donors (Lipinski definition) is 1. The van der Waals surface area contributed by atoms with Crippen LogP contribution in [0.25, 0.3) is 0 Å². The summed E-state index contributed by atoms with van der Waals surface area (Å²) < 4.78 is 30.6. The van der Waals surface area contributed by atoms with Crippen LogP contribution in [0.3, 0.4) is 0 Å². The van der Waals surface area contributed by atoms with E-state index in [1.165, 1.54) is 7.11 Å². The van der Waals surface area contributed by atoms with Crippen LogP contribution in [-0.2, 0) is 4.74 Å². The van der Waals surface area contributed by atoms with E-state index in [2.05, 4.69) is 4.74 Å². The van der Waals surface area contributed by atoms with Gasteiger partial charge in [0.05, 0.1) is 6.61 Å². The molecule has 0 heterocycles. The third kappa shape index (κ3) is 1.37. The van der Waals surface area contributed by atoms with Gasteiger partial charge in [0, 0.05) is 13.5 Å². The van der Waals surface area contributed by atoms with Crippen LogP contribution in [0.5, 0.6) is 0 Å². The van der Waals surface area contributed by atoms with Gasteiger partial charge in [-0.2, -0.15) is 0 Å². The van der Waals surface area contributed by atoms with Crippen molar-refractivity contribution in [1.29, 1.82) is 0 Å². The van der Waals surface area contributed by atoms with Gasteiger partial charge in [0.1, 0.15) is 5.54 Å². The van der Waals surface area contributed by atoms with Crippen molar-refractivity contribution in [2.75, 3.05) is 13.7 Å². The molecule has 1 atom stereocenters. The molecule has 0 bridgehead atoms. The number of nitrogens with two attached hydrogens (primary N) is 1. The number of methoxy groups -OCH3 is 1. The second-order valence-electron chi connectivity index (χ2n) is 3.15. The highest BCUT2D eigenvalue weighted by Crippen LogP contribution is 2.41. The van der Waals surface area contributed by atoms with Crippen molar-refractivity contribution in [2.24, 2.45) is 5.73 Å². The van der Waals surface area contributed by atoms with Crippen LogP contribution in [0, 0.1) is 0 Å². The summed E-state index contributed by atoms with van der Waals surface area (Å²) in [5.74, 6) is -2.75. The minimum absolute atomic E-state index is 0.0556. The third-order valence-corrected chi connectivity index (χ3v) is 2.24. The lowest BCUT2D eigenvalue weighted by Gasteiger charge is -2.29. The minimum Gasteiger partial charge on any atom is -0.383 e. The van der Waals surface area contributed by atoms with Crippen molar-refractivity contribution >= 4 is 0 Å². The van der Waals surface area contributed by atoms with Crippen molar-refractivity contribution in [3.63, 3.8) is 0 Å². The van der Waals surface area contributed by atoms with E-state index in [0.29, 0.717) is 12.8 Å². The first-order valence-electron chi connectivity index (χ1n) is 3.67. The van der Waals surface area contributed by atoms with E-state index in [1.54, 1.807) is 0 Å². The third-order valence-electron chi connectivity index (χ3n) is 2.24. The summed E-state index contributed by atoms with van der Waals surface area (Å²) in [7, 11) is 1.39. The number of halogens is 2. The molecular formula is C7H13F2NO. The number of ether oxygens (including phenoxy) is 1. The summed E-state index contributed by atoms with van der Waals surface area (Å²) in [6.07, 6.45) is 0.744. The summed E-state index contributed by atoms with van der Waals surface area (Å²) in [5, 5.41) is 0. The van der Waals surface area contributed by atoms with Gasteiger partial charge >= 0.3 is 0 Å². The number of hydrogen-bond acceptors (Lipinski definition) is 2. The fraction of sp³-hybridized carbons (Fsp3) is 1.00. The maximum Gasteiger partial charge on any atom is 0.267 e. The van der Waals surface area contributed by atoms with Crippen LogP contribution in [0.2, 0.25) is 0 Å². The van der Waals surface area contributed by atoms with E-state index in [-0.39, 0.29) is 13.0 Å². The Balaban J connectivity index is 2.68. The highest BCUT2D eigenvalue weighted by Gasteiger charge is 2.54. The Morgan fingerprint density at radius 1 is 1.45 bits per heavy atom. The van der Waals surface area contributed by atoms with Crippen LogP contribution in [-0.4, -0.2) is 25.2 Å². The molecule has 0 aromatic carbocycles. The Morgan fingerprint density at radius 3 is 2.45 bits per heavy atom. The number of rotatable bonds is 2. The molecule has 1 fully saturated rings. The van der Waals surface area contributed by atoms with Crippen molar-refractivity contribution in [1.82, 2.24) is 0 Å². The van der Waals surface area contributed by atoms with Crippen molar-refractivity contribution < 1.29 is 13.5 Å². The zero-order valence-corrected chi connectivity index (χ0v) is 6.57. The van der Waals surface area contributed by atoms with Gasteiger partial charge < -0.3 is 10.5 Å². The standard InChI is InChI=1S/C7H13F2NO/c1-11-5-6(10)3-2-4-7(6,8)9/h2-5,10H2,1H3. The molecule has 11 heavy (non-hydrogen) atoms. The molecule has 0 aromatic rings. The molecule has 1 saturated carbocycles. The molecule has 1 rings (SSSR count). The Morgan fingerprint density at radius 2 is 2.09 bits per heavy atom. The van der Waals surface area contributed by atoms with E-state index in [0.717, 1.165) is 0 Å². The molecule has 0 aliphatic heterocycles. The molecule has 66 valence electrons. The maximum atomic E-state index is 13.0. The van der Waals surface area contributed by atoms with Crippen LogP contribution in [0.4, 0.5) is 8.78 Å². The van der Waals surface area contributed by atoms with Crippen LogP contribution in [0.1, 0.15) is 19.3 Å². The van der Waals surface area contributed by atoms with Gasteiger partial charge in [0.2, 0.25) is 0 Å². The van der Waals surface area contributed by atoms with Gasteiger partial charge in [-0.25, -0.2) is 8.78 Å². The second kappa shape index (κ2) is 2.68. The Labute approximate surface area is 64.7 Å². The Kier molecular flexibility index (Phi) is 2.16. The maximum absolute atomic E-state index is 13.0. The SMILES string of the molecule is COCC1(N)CCCC1(F)F. The molecule has 0 spiro atoms. The van der Waals surface area contributed by atoms with E-state index in [4.69, 9.17) is 5.73 Å². The molecule has 1 unspecified atom stereocenters. The highest BCUT2D eigenvalue weighted by atomic mass is 19.3. The molecule has 2 N–H and O–H groups in total. The van der Waals surface area contributed by atoms with E-state index < -0.39 is 11.5 Å². The van der Waals surface area contributed by atoms with Gasteiger partial charge in [-0.15, -0.1) is 0 Å². The summed E-state index contributed by atoms with van der Waals surface area (Å²) in [4.78, 5) is 0. The predicted molar refractivity (Wildman–Crippen MR) is 37.6 cm³/mol. The Bertz CT molecular complexity index is 151. The molecule has 2 nitrogen and oxygen atoms in total. The van der Waals surface area contributed by atoms with Gasteiger partial charge in [-0.1, -0.05) is 0 Å². The van der Waals surface area contributed by atoms with E-state index in [9.17, 15) is 8.78 Å². The lowest BCUT2D eigenvalue weighted by atomic mass is 9.97. The lowest BCUT2D eigenvalue weighted by molar-refractivity contribution is -0.0773. The average Bonchev–Trinajstić information content (AvgIpc) is 2.09. The summed E-state index contributed by atoms with van der Waals surface area (Å²) in [5.41, 5.74) is 4.06. The molecule has 0 saturated heterocycles. The first-order chi connectivity index (χ1) is 5.02. The van der Waals surface area contributed by atoms with Gasteiger partial charge in [0.25, 0.3) is 5.92 Å². The van der Waals surface area contributed by atoms with E-state index >= 15 is 0 Å². The summed E-state index contributed by atoms with van der Waals surface area (Å²) >= 11 is 0. The first-order valence-corrected chi connectivity index (χ1v) is 3.67. The zero-order chi connectivity index (χ0) is 8.54. The first kappa shape index (κ1) is 8.87. The fourth-order valence-electron chi connectivity index (χ4n) is 1.49. The highest BCUT2D eigenvalue weighted by molar-refractivity contribution is 5.02. The number of alkyl halides is 2. The summed E-state index contributed by atoms with van der Waals surface area (Å²) in [6.45, 7) is -0.0556. The van der Waals surface area contributed by atoms with Gasteiger partial charge in [-0.3, -0.25) is 0 Å². The monoisotopic (exact) mass is 165 g/mol. The van der Waals surface area contributed by atoms with Crippen LogP contribution in [0.15, 0.2) is 0 Å². The van der Waals surface area contributed by atoms with Gasteiger partial charge in [-0.05, 0) is 12.8 Å². The van der Waals surface area contributed by atoms with Crippen molar-refractivity contribution in [3.8, 4) is 0 Å². The molecule has 0 radical (unpaired) electrons. The largest absolute Gasteiger partial charge is 0.383 e. The molecule has 4 heteroatoms. The van der Waals surface area contributed by atoms with E-state index in [1.807, 2.05) is 0 Å². The van der Waals surface area contributed by atoms with Gasteiger partial charge in [0.15, 0.2) is 0 Å². The topological polar surface area (TPSA) is 35.2 Å². The zero-order valence-electron chi connectivity index (χ0n) is 6.57. The fourth-order valence-corrected chi connectivity index (χ4v) is 1.49. The summed E-state index contributed by atoms with van der Waals surface area (Å²) in [6, 6.07) is 0. The smallest absolute Gasteiger partial charge is 0.267 e. The molecule has 0 amide bonds. The molecule has 1 aliphatic carbocycles. The second-order valence-corrected chi connectivity index (χ2v) is 3.15. The molecule has 1 aliphatic rings. The lowest BCUT2D eigenvalue weighted by Crippen LogP contribution is -2.55. The molecule has 0 aromatic heterocycles. The Hall–Kier alpha value is -0.220. The van der Waals surface area contributed by atoms with Crippen LogP contribution < -0.4 is 5.73 Å².